The summed E-state index contributed by atoms with van der Waals surface area (Å²) in [5, 5.41) is 13.3. The van der Waals surface area contributed by atoms with Gasteiger partial charge in [-0.15, -0.1) is 0 Å². The Morgan fingerprint density at radius 1 is 1.11 bits per heavy atom. The van der Waals surface area contributed by atoms with E-state index in [4.69, 9.17) is 11.6 Å². The number of carbonyl (C=O) groups is 1. The zero-order valence-corrected chi connectivity index (χ0v) is 21.3. The minimum absolute atomic E-state index is 0.209. The van der Waals surface area contributed by atoms with Gasteiger partial charge in [0.05, 0.1) is 11.9 Å². The molecule has 1 saturated carbocycles. The number of anilines is 4. The number of aryl methyl sites for hydroxylation is 2. The second-order valence-corrected chi connectivity index (χ2v) is 10.3. The van der Waals surface area contributed by atoms with Gasteiger partial charge in [0.15, 0.2) is 11.6 Å². The Balaban J connectivity index is 1.26. The molecule has 0 spiro atoms. The van der Waals surface area contributed by atoms with Gasteiger partial charge in [-0.3, -0.25) is 9.89 Å². The molecule has 1 saturated heterocycles. The van der Waals surface area contributed by atoms with Crippen LogP contribution in [0.25, 0.3) is 0 Å². The van der Waals surface area contributed by atoms with Crippen LogP contribution in [0.15, 0.2) is 24.4 Å². The van der Waals surface area contributed by atoms with E-state index >= 15 is 4.39 Å². The van der Waals surface area contributed by atoms with Crippen LogP contribution in [0.2, 0.25) is 5.02 Å². The summed E-state index contributed by atoms with van der Waals surface area (Å²) in [5.41, 5.74) is 3.19. The predicted molar refractivity (Wildman–Crippen MR) is 139 cm³/mol. The SMILES string of the molecule is Cc1cc(Nc2nc(Nc3cc(C)c(C4CCN(C(=O)C5CCCC5)CC4)cc3F)ncc2Cl)n[nH]1. The van der Waals surface area contributed by atoms with Gasteiger partial charge in [-0.05, 0) is 68.7 Å². The Hall–Kier alpha value is -3.20. The predicted octanol–water partition coefficient (Wildman–Crippen LogP) is 5.99. The van der Waals surface area contributed by atoms with E-state index in [2.05, 4.69) is 30.8 Å². The van der Waals surface area contributed by atoms with Crippen LogP contribution >= 0.6 is 11.6 Å². The third-order valence-electron chi connectivity index (χ3n) is 7.25. The fraction of sp³-hybridized carbons (Fsp3) is 0.462. The number of aromatic nitrogens is 4. The van der Waals surface area contributed by atoms with E-state index < -0.39 is 0 Å². The normalized spacial score (nSPS) is 16.9. The smallest absolute Gasteiger partial charge is 0.229 e. The van der Waals surface area contributed by atoms with Gasteiger partial charge in [0, 0.05) is 30.8 Å². The molecule has 36 heavy (non-hydrogen) atoms. The van der Waals surface area contributed by atoms with Crippen molar-refractivity contribution in [3.05, 3.63) is 52.1 Å². The Morgan fingerprint density at radius 3 is 2.56 bits per heavy atom. The molecule has 10 heteroatoms. The van der Waals surface area contributed by atoms with Gasteiger partial charge in [-0.1, -0.05) is 24.4 Å². The fourth-order valence-electron chi connectivity index (χ4n) is 5.31. The van der Waals surface area contributed by atoms with Crippen LogP contribution in [-0.4, -0.2) is 44.1 Å². The lowest BCUT2D eigenvalue weighted by Gasteiger charge is -2.34. The first-order chi connectivity index (χ1) is 17.4. The van der Waals surface area contributed by atoms with Crippen LogP contribution in [0.1, 0.15) is 61.3 Å². The van der Waals surface area contributed by atoms with Crippen LogP contribution in [0.4, 0.5) is 27.7 Å². The molecular weight excluding hydrogens is 481 g/mol. The van der Waals surface area contributed by atoms with Crippen LogP contribution in [0.5, 0.6) is 0 Å². The number of benzene rings is 1. The van der Waals surface area contributed by atoms with Crippen LogP contribution in [-0.2, 0) is 4.79 Å². The summed E-state index contributed by atoms with van der Waals surface area (Å²) >= 11 is 6.23. The van der Waals surface area contributed by atoms with Crippen LogP contribution in [0.3, 0.4) is 0 Å². The third kappa shape index (κ3) is 5.31. The standard InChI is InChI=1S/C26H31ClFN7O/c1-15-11-22(30-26-29-14-20(27)24(32-26)31-23-12-16(2)33-34-23)21(28)13-19(15)17-7-9-35(10-8-17)25(36)18-5-3-4-6-18/h11-14,17-18H,3-10H2,1-2H3,(H3,29,30,31,32,33,34). The largest absolute Gasteiger partial charge is 0.342 e. The van der Waals surface area contributed by atoms with E-state index in [1.54, 1.807) is 12.1 Å². The highest BCUT2D eigenvalue weighted by Gasteiger charge is 2.31. The Kier molecular flexibility index (Phi) is 7.09. The fourth-order valence-corrected chi connectivity index (χ4v) is 5.45. The molecule has 2 aliphatic rings. The lowest BCUT2D eigenvalue weighted by molar-refractivity contribution is -0.136. The average Bonchev–Trinajstić information content (AvgIpc) is 3.55. The summed E-state index contributed by atoms with van der Waals surface area (Å²) in [5.74, 6) is 1.55. The molecule has 3 aromatic rings. The topological polar surface area (TPSA) is 98.8 Å². The summed E-state index contributed by atoms with van der Waals surface area (Å²) in [4.78, 5) is 23.4. The molecule has 0 unspecified atom stereocenters. The van der Waals surface area contributed by atoms with Gasteiger partial charge in [0.1, 0.15) is 10.8 Å². The summed E-state index contributed by atoms with van der Waals surface area (Å²) in [6, 6.07) is 5.23. The molecule has 1 aliphatic heterocycles. The van der Waals surface area contributed by atoms with Gasteiger partial charge < -0.3 is 15.5 Å². The Morgan fingerprint density at radius 2 is 1.86 bits per heavy atom. The number of piperidine rings is 1. The van der Waals surface area contributed by atoms with E-state index in [9.17, 15) is 4.79 Å². The van der Waals surface area contributed by atoms with Gasteiger partial charge in [0.25, 0.3) is 0 Å². The zero-order chi connectivity index (χ0) is 25.2. The summed E-state index contributed by atoms with van der Waals surface area (Å²) in [6.07, 6.45) is 7.53. The second-order valence-electron chi connectivity index (χ2n) is 9.85. The summed E-state index contributed by atoms with van der Waals surface area (Å²) in [6.45, 7) is 5.36. The first kappa shape index (κ1) is 24.5. The molecule has 8 nitrogen and oxygen atoms in total. The third-order valence-corrected chi connectivity index (χ3v) is 7.53. The Labute approximate surface area is 215 Å². The molecule has 190 valence electrons. The first-order valence-electron chi connectivity index (χ1n) is 12.5. The van der Waals surface area contributed by atoms with Crippen molar-refractivity contribution in [2.45, 2.75) is 58.3 Å². The average molecular weight is 512 g/mol. The second kappa shape index (κ2) is 10.4. The number of amides is 1. The maximum Gasteiger partial charge on any atom is 0.229 e. The number of aromatic amines is 1. The molecule has 3 heterocycles. The number of rotatable bonds is 6. The van der Waals surface area contributed by atoms with E-state index in [0.29, 0.717) is 28.3 Å². The molecule has 3 N–H and O–H groups in total. The van der Waals surface area contributed by atoms with Gasteiger partial charge in [-0.2, -0.15) is 10.1 Å². The molecule has 2 fully saturated rings. The molecule has 0 atom stereocenters. The van der Waals surface area contributed by atoms with E-state index in [1.165, 1.54) is 6.20 Å². The lowest BCUT2D eigenvalue weighted by atomic mass is 9.86. The van der Waals surface area contributed by atoms with Gasteiger partial charge in [-0.25, -0.2) is 9.37 Å². The van der Waals surface area contributed by atoms with Crippen molar-refractivity contribution in [2.24, 2.45) is 5.92 Å². The molecule has 5 rings (SSSR count). The number of hydrogen-bond donors (Lipinski definition) is 3. The highest BCUT2D eigenvalue weighted by atomic mass is 35.5. The summed E-state index contributed by atoms with van der Waals surface area (Å²) < 4.78 is 15.2. The summed E-state index contributed by atoms with van der Waals surface area (Å²) in [7, 11) is 0. The maximum atomic E-state index is 15.2. The van der Waals surface area contributed by atoms with Crippen molar-refractivity contribution >= 4 is 40.8 Å². The number of carbonyl (C=O) groups excluding carboxylic acids is 1. The zero-order valence-electron chi connectivity index (χ0n) is 20.6. The van der Waals surface area contributed by atoms with Crippen molar-refractivity contribution < 1.29 is 9.18 Å². The maximum absolute atomic E-state index is 15.2. The molecule has 1 aliphatic carbocycles. The van der Waals surface area contributed by atoms with Crippen molar-refractivity contribution in [1.82, 2.24) is 25.1 Å². The number of likely N-dealkylation sites (tertiary alicyclic amines) is 1. The molecule has 1 aromatic carbocycles. The van der Waals surface area contributed by atoms with Gasteiger partial charge in [0.2, 0.25) is 11.9 Å². The van der Waals surface area contributed by atoms with Crippen LogP contribution < -0.4 is 10.6 Å². The first-order valence-corrected chi connectivity index (χ1v) is 12.9. The molecule has 0 bridgehead atoms. The molecule has 1 amide bonds. The quantitative estimate of drug-likeness (QED) is 0.376. The monoisotopic (exact) mass is 511 g/mol. The Bertz CT molecular complexity index is 1250. The highest BCUT2D eigenvalue weighted by molar-refractivity contribution is 6.32. The minimum atomic E-state index is -0.365. The number of H-pyrrole nitrogens is 1. The van der Waals surface area contributed by atoms with Crippen LogP contribution in [0, 0.1) is 25.6 Å². The number of nitrogens with zero attached hydrogens (tertiary/aromatic N) is 4. The number of hydrogen-bond acceptors (Lipinski definition) is 6. The number of nitrogens with one attached hydrogen (secondary N) is 3. The van der Waals surface area contributed by atoms with Crippen molar-refractivity contribution in [3.8, 4) is 0 Å². The van der Waals surface area contributed by atoms with Gasteiger partial charge >= 0.3 is 0 Å². The molecular formula is C26H31ClFN7O. The van der Waals surface area contributed by atoms with E-state index in [0.717, 1.165) is 68.4 Å². The number of halogens is 2. The highest BCUT2D eigenvalue weighted by Crippen LogP contribution is 2.35. The molecule has 0 radical (unpaired) electrons. The minimum Gasteiger partial charge on any atom is -0.342 e. The van der Waals surface area contributed by atoms with Crippen molar-refractivity contribution in [1.29, 1.82) is 0 Å². The van der Waals surface area contributed by atoms with E-state index in [1.807, 2.05) is 24.8 Å². The van der Waals surface area contributed by atoms with Crippen molar-refractivity contribution in [3.63, 3.8) is 0 Å². The molecule has 2 aromatic heterocycles. The van der Waals surface area contributed by atoms with E-state index in [-0.39, 0.29) is 23.6 Å². The van der Waals surface area contributed by atoms with Crippen molar-refractivity contribution in [2.75, 3.05) is 23.7 Å². The lowest BCUT2D eigenvalue weighted by Crippen LogP contribution is -2.40.